The molecule has 1 heterocycles. The predicted octanol–water partition coefficient (Wildman–Crippen LogP) is 7.02. The molecule has 9 heteroatoms. The molecule has 1 aliphatic rings. The molecule has 0 spiro atoms. The molecule has 0 fully saturated rings. The van der Waals surface area contributed by atoms with E-state index in [0.717, 1.165) is 47.9 Å². The number of benzene rings is 3. The number of nitrogens with one attached hydrogen (secondary N) is 2. The standard InChI is InChI=1S/C40H49N5O4/c1-5-29(2)25-39(47)42-23-14-6-13-22-41-38(46)21-24-45-31(26-30-15-7-12-20-37(30)45)27-43(3)44(4)40(48)49-28-36-34-18-10-8-16-32(34)33-17-9-11-19-35(33)36/h7-12,15-20,26,36H,2,5-6,13-14,21-25,27-28H2,1,3-4H3,(H,41,46)(H,42,47). The Morgan fingerprint density at radius 1 is 0.837 bits per heavy atom. The summed E-state index contributed by atoms with van der Waals surface area (Å²) in [4.78, 5) is 37.9. The largest absolute Gasteiger partial charge is 0.447 e. The van der Waals surface area contributed by atoms with Gasteiger partial charge in [0, 0.05) is 63.7 Å². The summed E-state index contributed by atoms with van der Waals surface area (Å²) in [5, 5.41) is 10.4. The third-order valence-electron chi connectivity index (χ3n) is 9.37. The Balaban J connectivity index is 1.10. The fourth-order valence-corrected chi connectivity index (χ4v) is 6.43. The predicted molar refractivity (Wildman–Crippen MR) is 195 cm³/mol. The van der Waals surface area contributed by atoms with Crippen molar-refractivity contribution in [3.63, 3.8) is 0 Å². The van der Waals surface area contributed by atoms with Crippen LogP contribution >= 0.6 is 0 Å². The summed E-state index contributed by atoms with van der Waals surface area (Å²) in [6.45, 7) is 8.35. The maximum Gasteiger partial charge on any atom is 0.424 e. The lowest BCUT2D eigenvalue weighted by Crippen LogP contribution is -2.41. The average Bonchev–Trinajstić information content (AvgIpc) is 3.63. The number of nitrogens with zero attached hydrogens (tertiary/aromatic N) is 3. The maximum absolute atomic E-state index is 13.3. The quantitative estimate of drug-likeness (QED) is 0.0720. The zero-order chi connectivity index (χ0) is 34.8. The maximum atomic E-state index is 13.3. The van der Waals surface area contributed by atoms with Gasteiger partial charge in [-0.15, -0.1) is 0 Å². The van der Waals surface area contributed by atoms with Crippen molar-refractivity contribution in [3.8, 4) is 11.1 Å². The highest BCUT2D eigenvalue weighted by molar-refractivity contribution is 5.82. The molecule has 0 atom stereocenters. The van der Waals surface area contributed by atoms with Gasteiger partial charge in [-0.1, -0.05) is 85.8 Å². The van der Waals surface area contributed by atoms with Crippen LogP contribution in [0.15, 0.2) is 91.0 Å². The summed E-state index contributed by atoms with van der Waals surface area (Å²) in [5.41, 5.74) is 7.73. The minimum absolute atomic E-state index is 0.000720. The van der Waals surface area contributed by atoms with Crippen molar-refractivity contribution < 1.29 is 19.1 Å². The number of amides is 3. The van der Waals surface area contributed by atoms with Gasteiger partial charge in [-0.3, -0.25) is 9.59 Å². The number of hydrogen-bond acceptors (Lipinski definition) is 5. The van der Waals surface area contributed by atoms with Gasteiger partial charge in [-0.2, -0.15) is 0 Å². The number of carbonyl (C=O) groups is 3. The lowest BCUT2D eigenvalue weighted by Gasteiger charge is -2.28. The number of rotatable bonds is 17. The number of aromatic nitrogens is 1. The van der Waals surface area contributed by atoms with E-state index >= 15 is 0 Å². The monoisotopic (exact) mass is 663 g/mol. The van der Waals surface area contributed by atoms with Gasteiger partial charge in [0.15, 0.2) is 0 Å². The molecule has 0 bridgehead atoms. The third-order valence-corrected chi connectivity index (χ3v) is 9.37. The van der Waals surface area contributed by atoms with E-state index in [0.29, 0.717) is 39.0 Å². The highest BCUT2D eigenvalue weighted by atomic mass is 16.6. The molecular weight excluding hydrogens is 614 g/mol. The number of aryl methyl sites for hydroxylation is 1. The van der Waals surface area contributed by atoms with Gasteiger partial charge in [0.2, 0.25) is 11.8 Å². The molecule has 258 valence electrons. The van der Waals surface area contributed by atoms with E-state index in [2.05, 4.69) is 64.2 Å². The van der Waals surface area contributed by atoms with Crippen molar-refractivity contribution in [2.45, 2.75) is 64.5 Å². The first-order chi connectivity index (χ1) is 23.8. The van der Waals surface area contributed by atoms with Crippen LogP contribution in [0.25, 0.3) is 22.0 Å². The Bertz CT molecular complexity index is 1730. The second-order valence-corrected chi connectivity index (χ2v) is 12.8. The SMILES string of the molecule is C=C(CC)CC(=O)NCCCCCNC(=O)CCn1c(CN(C)N(C)C(=O)OCC2c3ccccc3-c3ccccc32)cc2ccccc21. The van der Waals surface area contributed by atoms with Gasteiger partial charge in [-0.25, -0.2) is 14.8 Å². The van der Waals surface area contributed by atoms with E-state index < -0.39 is 6.09 Å². The Morgan fingerprint density at radius 2 is 1.45 bits per heavy atom. The smallest absolute Gasteiger partial charge is 0.424 e. The molecule has 4 aromatic rings. The summed E-state index contributed by atoms with van der Waals surface area (Å²) in [6.07, 6.45) is 3.77. The van der Waals surface area contributed by atoms with Crippen molar-refractivity contribution in [2.24, 2.45) is 0 Å². The Hall–Kier alpha value is -4.89. The molecule has 2 N–H and O–H groups in total. The van der Waals surface area contributed by atoms with Crippen LogP contribution in [-0.4, -0.2) is 66.3 Å². The number of hydrazine groups is 1. The van der Waals surface area contributed by atoms with Crippen molar-refractivity contribution in [1.82, 2.24) is 25.2 Å². The van der Waals surface area contributed by atoms with Crippen LogP contribution in [-0.2, 0) is 27.4 Å². The summed E-state index contributed by atoms with van der Waals surface area (Å²) in [6, 6.07) is 26.8. The van der Waals surface area contributed by atoms with Crippen molar-refractivity contribution in [2.75, 3.05) is 33.8 Å². The first-order valence-corrected chi connectivity index (χ1v) is 17.3. The van der Waals surface area contributed by atoms with Crippen LogP contribution in [0.2, 0.25) is 0 Å². The minimum Gasteiger partial charge on any atom is -0.447 e. The zero-order valence-electron chi connectivity index (χ0n) is 29.0. The molecular formula is C40H49N5O4. The molecule has 0 aliphatic heterocycles. The molecule has 3 amide bonds. The summed E-state index contributed by atoms with van der Waals surface area (Å²) in [7, 11) is 3.58. The van der Waals surface area contributed by atoms with E-state index in [9.17, 15) is 14.4 Å². The first kappa shape index (κ1) is 35.4. The van der Waals surface area contributed by atoms with E-state index in [1.165, 1.54) is 27.3 Å². The van der Waals surface area contributed by atoms with E-state index in [-0.39, 0.29) is 24.3 Å². The van der Waals surface area contributed by atoms with Gasteiger partial charge in [-0.05, 0) is 65.5 Å². The molecule has 1 aliphatic carbocycles. The average molecular weight is 664 g/mol. The second kappa shape index (κ2) is 17.0. The number of hydrogen-bond donors (Lipinski definition) is 2. The summed E-state index contributed by atoms with van der Waals surface area (Å²) >= 11 is 0. The molecule has 3 aromatic carbocycles. The highest BCUT2D eigenvalue weighted by Gasteiger charge is 2.30. The van der Waals surface area contributed by atoms with Crippen LogP contribution in [0, 0.1) is 0 Å². The van der Waals surface area contributed by atoms with Crippen LogP contribution < -0.4 is 10.6 Å². The number of ether oxygens (including phenoxy) is 1. The van der Waals surface area contributed by atoms with Gasteiger partial charge < -0.3 is 19.9 Å². The Kier molecular flexibility index (Phi) is 12.3. The topological polar surface area (TPSA) is 95.9 Å². The van der Waals surface area contributed by atoms with Crippen molar-refractivity contribution in [1.29, 1.82) is 0 Å². The molecule has 0 radical (unpaired) electrons. The normalized spacial score (nSPS) is 12.1. The molecule has 0 saturated carbocycles. The Labute approximate surface area is 289 Å². The van der Waals surface area contributed by atoms with Gasteiger partial charge in [0.1, 0.15) is 6.61 Å². The molecule has 49 heavy (non-hydrogen) atoms. The van der Waals surface area contributed by atoms with Crippen LogP contribution in [0.1, 0.15) is 68.2 Å². The fourth-order valence-electron chi connectivity index (χ4n) is 6.43. The minimum atomic E-state index is -0.420. The molecule has 0 unspecified atom stereocenters. The zero-order valence-corrected chi connectivity index (χ0v) is 29.0. The van der Waals surface area contributed by atoms with E-state index in [1.807, 2.05) is 55.4 Å². The molecule has 9 nitrogen and oxygen atoms in total. The number of para-hydroxylation sites is 1. The lowest BCUT2D eigenvalue weighted by atomic mass is 9.98. The van der Waals surface area contributed by atoms with Gasteiger partial charge >= 0.3 is 6.09 Å². The van der Waals surface area contributed by atoms with Crippen molar-refractivity contribution >= 4 is 28.8 Å². The van der Waals surface area contributed by atoms with Crippen LogP contribution in [0.5, 0.6) is 0 Å². The summed E-state index contributed by atoms with van der Waals surface area (Å²) in [5.74, 6) is 0.0133. The van der Waals surface area contributed by atoms with Crippen LogP contribution in [0.4, 0.5) is 4.79 Å². The molecule has 0 saturated heterocycles. The third kappa shape index (κ3) is 8.97. The van der Waals surface area contributed by atoms with Crippen molar-refractivity contribution in [3.05, 3.63) is 108 Å². The number of fused-ring (bicyclic) bond motifs is 4. The van der Waals surface area contributed by atoms with Crippen LogP contribution in [0.3, 0.4) is 0 Å². The van der Waals surface area contributed by atoms with Gasteiger partial charge in [0.05, 0.1) is 6.54 Å². The van der Waals surface area contributed by atoms with E-state index in [1.54, 1.807) is 7.05 Å². The summed E-state index contributed by atoms with van der Waals surface area (Å²) < 4.78 is 8.05. The second-order valence-electron chi connectivity index (χ2n) is 12.8. The Morgan fingerprint density at radius 3 is 2.12 bits per heavy atom. The van der Waals surface area contributed by atoms with Gasteiger partial charge in [0.25, 0.3) is 0 Å². The highest BCUT2D eigenvalue weighted by Crippen LogP contribution is 2.44. The lowest BCUT2D eigenvalue weighted by molar-refractivity contribution is -0.121. The molecule has 5 rings (SSSR count). The number of unbranched alkanes of at least 4 members (excludes halogenated alkanes) is 2. The van der Waals surface area contributed by atoms with E-state index in [4.69, 9.17) is 4.74 Å². The number of carbonyl (C=O) groups excluding carboxylic acids is 3. The fraction of sp³-hybridized carbons (Fsp3) is 0.375. The first-order valence-electron chi connectivity index (χ1n) is 17.3. The molecule has 1 aromatic heterocycles.